The van der Waals surface area contributed by atoms with E-state index in [2.05, 4.69) is 39.9 Å². The number of rotatable bonds is 6. The molecule has 2 aromatic heterocycles. The molecule has 2 aromatic rings. The van der Waals surface area contributed by atoms with Crippen molar-refractivity contribution in [3.8, 4) is 0 Å². The van der Waals surface area contributed by atoms with E-state index in [-0.39, 0.29) is 0 Å². The molecule has 2 atom stereocenters. The van der Waals surface area contributed by atoms with Gasteiger partial charge < -0.3 is 9.64 Å². The quantitative estimate of drug-likeness (QED) is 0.821. The summed E-state index contributed by atoms with van der Waals surface area (Å²) in [5.41, 5.74) is 0.909. The molecule has 0 spiro atoms. The van der Waals surface area contributed by atoms with Gasteiger partial charge in [-0.3, -0.25) is 0 Å². The number of hydrogen-bond acceptors (Lipinski definition) is 5. The number of hydrogen-bond donors (Lipinski definition) is 0. The van der Waals surface area contributed by atoms with Crippen molar-refractivity contribution in [1.82, 2.24) is 19.6 Å². The van der Waals surface area contributed by atoms with Crippen LogP contribution in [0.5, 0.6) is 0 Å². The van der Waals surface area contributed by atoms with Gasteiger partial charge in [-0.25, -0.2) is 4.98 Å². The highest BCUT2D eigenvalue weighted by Gasteiger charge is 2.31. The molecule has 0 radical (unpaired) electrons. The highest BCUT2D eigenvalue weighted by molar-refractivity contribution is 5.49. The van der Waals surface area contributed by atoms with Gasteiger partial charge in [0, 0.05) is 25.8 Å². The molecule has 0 amide bonds. The van der Waals surface area contributed by atoms with Crippen molar-refractivity contribution in [3.05, 3.63) is 18.1 Å². The molecule has 1 saturated heterocycles. The van der Waals surface area contributed by atoms with Gasteiger partial charge in [0.1, 0.15) is 12.1 Å². The smallest absolute Gasteiger partial charge is 0.254 e. The fourth-order valence-electron chi connectivity index (χ4n) is 3.59. The summed E-state index contributed by atoms with van der Waals surface area (Å²) < 4.78 is 7.10. The molecule has 1 aliphatic heterocycles. The molecule has 22 heavy (non-hydrogen) atoms. The summed E-state index contributed by atoms with van der Waals surface area (Å²) in [4.78, 5) is 11.2. The summed E-state index contributed by atoms with van der Waals surface area (Å²) in [6, 6.07) is 2.67. The Kier molecular flexibility index (Phi) is 4.57. The van der Waals surface area contributed by atoms with Crippen LogP contribution < -0.4 is 4.90 Å². The summed E-state index contributed by atoms with van der Waals surface area (Å²) in [7, 11) is 1.69. The first-order valence-corrected chi connectivity index (χ1v) is 8.19. The SMILES string of the molecule is CCCC(C)C1CCCN1c1cc(COC)nc2ncnn12. The molecule has 0 aliphatic carbocycles. The lowest BCUT2D eigenvalue weighted by Gasteiger charge is -2.31. The number of anilines is 1. The van der Waals surface area contributed by atoms with E-state index in [1.54, 1.807) is 13.4 Å². The topological polar surface area (TPSA) is 55.5 Å². The normalized spacial score (nSPS) is 20.0. The lowest BCUT2D eigenvalue weighted by atomic mass is 9.95. The number of methoxy groups -OCH3 is 1. The zero-order valence-electron chi connectivity index (χ0n) is 13.7. The number of fused-ring (bicyclic) bond motifs is 1. The van der Waals surface area contributed by atoms with Crippen molar-refractivity contribution in [2.75, 3.05) is 18.6 Å². The van der Waals surface area contributed by atoms with Crippen LogP contribution in [0, 0.1) is 5.92 Å². The first-order valence-electron chi connectivity index (χ1n) is 8.19. The highest BCUT2D eigenvalue weighted by Crippen LogP contribution is 2.31. The molecule has 0 aromatic carbocycles. The number of aromatic nitrogens is 4. The first kappa shape index (κ1) is 15.2. The molecular weight excluding hydrogens is 278 g/mol. The predicted molar refractivity (Wildman–Crippen MR) is 85.9 cm³/mol. The van der Waals surface area contributed by atoms with Gasteiger partial charge in [0.2, 0.25) is 0 Å². The van der Waals surface area contributed by atoms with Gasteiger partial charge in [0.25, 0.3) is 5.78 Å². The Bertz CT molecular complexity index is 626. The zero-order chi connectivity index (χ0) is 15.5. The first-order chi connectivity index (χ1) is 10.7. The molecule has 0 N–H and O–H groups in total. The van der Waals surface area contributed by atoms with Crippen molar-refractivity contribution in [1.29, 1.82) is 0 Å². The Labute approximate surface area is 131 Å². The molecule has 0 saturated carbocycles. The van der Waals surface area contributed by atoms with Gasteiger partial charge in [0.05, 0.1) is 12.3 Å². The Morgan fingerprint density at radius 2 is 2.32 bits per heavy atom. The van der Waals surface area contributed by atoms with E-state index >= 15 is 0 Å². The van der Waals surface area contributed by atoms with Gasteiger partial charge >= 0.3 is 0 Å². The molecule has 1 aliphatic rings. The summed E-state index contributed by atoms with van der Waals surface area (Å²) in [5.74, 6) is 2.43. The van der Waals surface area contributed by atoms with Crippen LogP contribution in [0.4, 0.5) is 5.82 Å². The Morgan fingerprint density at radius 1 is 1.45 bits per heavy atom. The third-order valence-corrected chi connectivity index (χ3v) is 4.57. The number of ether oxygens (including phenoxy) is 1. The van der Waals surface area contributed by atoms with E-state index in [1.165, 1.54) is 25.7 Å². The Hall–Kier alpha value is -1.69. The maximum absolute atomic E-state index is 5.25. The van der Waals surface area contributed by atoms with Gasteiger partial charge in [0.15, 0.2) is 0 Å². The van der Waals surface area contributed by atoms with E-state index in [1.807, 2.05) is 4.52 Å². The van der Waals surface area contributed by atoms with Crippen molar-refractivity contribution < 1.29 is 4.74 Å². The second-order valence-corrected chi connectivity index (χ2v) is 6.18. The van der Waals surface area contributed by atoms with E-state index in [4.69, 9.17) is 4.74 Å². The molecular formula is C16H25N5O. The summed E-state index contributed by atoms with van der Waals surface area (Å²) in [6.45, 7) is 6.19. The van der Waals surface area contributed by atoms with Gasteiger partial charge in [-0.15, -0.1) is 0 Å². The third kappa shape index (κ3) is 2.79. The number of nitrogens with zero attached hydrogens (tertiary/aromatic N) is 5. The lowest BCUT2D eigenvalue weighted by Crippen LogP contribution is -2.36. The molecule has 6 heteroatoms. The van der Waals surface area contributed by atoms with E-state index in [0.717, 1.165) is 18.1 Å². The third-order valence-electron chi connectivity index (χ3n) is 4.57. The van der Waals surface area contributed by atoms with Gasteiger partial charge in [-0.05, 0) is 25.2 Å². The molecule has 120 valence electrons. The van der Waals surface area contributed by atoms with Crippen molar-refractivity contribution in [2.24, 2.45) is 5.92 Å². The van der Waals surface area contributed by atoms with Crippen LogP contribution in [0.1, 0.15) is 45.2 Å². The van der Waals surface area contributed by atoms with Crippen LogP contribution in [0.3, 0.4) is 0 Å². The lowest BCUT2D eigenvalue weighted by molar-refractivity contribution is 0.181. The van der Waals surface area contributed by atoms with Crippen LogP contribution in [-0.2, 0) is 11.3 Å². The van der Waals surface area contributed by atoms with Crippen LogP contribution in [-0.4, -0.2) is 39.3 Å². The van der Waals surface area contributed by atoms with E-state index in [9.17, 15) is 0 Å². The van der Waals surface area contributed by atoms with Crippen LogP contribution in [0.25, 0.3) is 5.78 Å². The standard InChI is InChI=1S/C16H25N5O/c1-4-6-12(2)14-7-5-8-20(14)15-9-13(10-22-3)19-16-17-11-18-21(15)16/h9,11-12,14H,4-8,10H2,1-3H3. The second kappa shape index (κ2) is 6.60. The van der Waals surface area contributed by atoms with E-state index < -0.39 is 0 Å². The van der Waals surface area contributed by atoms with Crippen molar-refractivity contribution in [2.45, 2.75) is 52.2 Å². The molecule has 0 bridgehead atoms. The van der Waals surface area contributed by atoms with Crippen molar-refractivity contribution >= 4 is 11.6 Å². The van der Waals surface area contributed by atoms with Crippen LogP contribution >= 0.6 is 0 Å². The van der Waals surface area contributed by atoms with E-state index in [0.29, 0.717) is 24.3 Å². The maximum atomic E-state index is 5.25. The fourth-order valence-corrected chi connectivity index (χ4v) is 3.59. The molecule has 1 fully saturated rings. The molecule has 2 unspecified atom stereocenters. The summed E-state index contributed by atoms with van der Waals surface area (Å²) >= 11 is 0. The minimum Gasteiger partial charge on any atom is -0.378 e. The van der Waals surface area contributed by atoms with Crippen molar-refractivity contribution in [3.63, 3.8) is 0 Å². The summed E-state index contributed by atoms with van der Waals surface area (Å²) in [6.07, 6.45) is 6.55. The summed E-state index contributed by atoms with van der Waals surface area (Å²) in [5, 5.41) is 4.36. The molecule has 3 rings (SSSR count). The highest BCUT2D eigenvalue weighted by atomic mass is 16.5. The minimum absolute atomic E-state index is 0.499. The predicted octanol–water partition coefficient (Wildman–Crippen LogP) is 2.68. The average Bonchev–Trinajstić information content (AvgIpc) is 3.16. The second-order valence-electron chi connectivity index (χ2n) is 6.18. The molecule has 3 heterocycles. The van der Waals surface area contributed by atoms with Gasteiger partial charge in [-0.2, -0.15) is 14.6 Å². The Morgan fingerprint density at radius 3 is 3.09 bits per heavy atom. The zero-order valence-corrected chi connectivity index (χ0v) is 13.7. The largest absolute Gasteiger partial charge is 0.378 e. The van der Waals surface area contributed by atoms with Crippen LogP contribution in [0.15, 0.2) is 12.4 Å². The minimum atomic E-state index is 0.499. The maximum Gasteiger partial charge on any atom is 0.254 e. The van der Waals surface area contributed by atoms with Crippen LogP contribution in [0.2, 0.25) is 0 Å². The fraction of sp³-hybridized carbons (Fsp3) is 0.688. The Balaban J connectivity index is 1.98. The molecule has 6 nitrogen and oxygen atoms in total. The monoisotopic (exact) mass is 303 g/mol. The van der Waals surface area contributed by atoms with Gasteiger partial charge in [-0.1, -0.05) is 20.3 Å². The average molecular weight is 303 g/mol.